The van der Waals surface area contributed by atoms with E-state index in [1.807, 2.05) is 12.1 Å². The van der Waals surface area contributed by atoms with E-state index in [0.717, 1.165) is 11.1 Å². The minimum absolute atomic E-state index is 0.191. The van der Waals surface area contributed by atoms with Crippen LogP contribution in [-0.4, -0.2) is 4.98 Å². The van der Waals surface area contributed by atoms with Crippen molar-refractivity contribution in [1.29, 1.82) is 5.26 Å². The monoisotopic (exact) mass is 296 g/mol. The zero-order valence-corrected chi connectivity index (χ0v) is 11.4. The SMILES string of the molecule is N#CCc1nc(Cl)ccc1-c1ccc(Cl)c(Cl)c1. The number of hydrogen-bond donors (Lipinski definition) is 0. The maximum Gasteiger partial charge on any atom is 0.129 e. The number of aromatic nitrogens is 1. The molecule has 2 nitrogen and oxygen atoms in total. The second-order valence-electron chi connectivity index (χ2n) is 3.59. The van der Waals surface area contributed by atoms with Gasteiger partial charge in [-0.05, 0) is 29.8 Å². The molecule has 1 heterocycles. The summed E-state index contributed by atoms with van der Waals surface area (Å²) in [6.45, 7) is 0. The maximum atomic E-state index is 8.80. The van der Waals surface area contributed by atoms with Crippen LogP contribution in [0.15, 0.2) is 30.3 Å². The van der Waals surface area contributed by atoms with Crippen molar-refractivity contribution in [1.82, 2.24) is 4.98 Å². The van der Waals surface area contributed by atoms with E-state index in [1.165, 1.54) is 0 Å². The number of rotatable bonds is 2. The summed E-state index contributed by atoms with van der Waals surface area (Å²) in [5.74, 6) is 0. The predicted molar refractivity (Wildman–Crippen MR) is 74.0 cm³/mol. The first kappa shape index (κ1) is 13.2. The molecule has 0 atom stereocenters. The number of nitrogens with zero attached hydrogens (tertiary/aromatic N) is 2. The minimum Gasteiger partial charge on any atom is -0.239 e. The van der Waals surface area contributed by atoms with Crippen molar-refractivity contribution in [3.05, 3.63) is 51.2 Å². The summed E-state index contributed by atoms with van der Waals surface area (Å²) in [5, 5.41) is 10.1. The normalized spacial score (nSPS) is 10.1. The van der Waals surface area contributed by atoms with E-state index < -0.39 is 0 Å². The van der Waals surface area contributed by atoms with Crippen LogP contribution >= 0.6 is 34.8 Å². The van der Waals surface area contributed by atoms with Gasteiger partial charge < -0.3 is 0 Å². The summed E-state index contributed by atoms with van der Waals surface area (Å²) in [7, 11) is 0. The zero-order chi connectivity index (χ0) is 13.1. The van der Waals surface area contributed by atoms with Crippen LogP contribution < -0.4 is 0 Å². The van der Waals surface area contributed by atoms with Crippen LogP contribution in [-0.2, 0) is 6.42 Å². The van der Waals surface area contributed by atoms with Crippen LogP contribution in [0.3, 0.4) is 0 Å². The van der Waals surface area contributed by atoms with Crippen LogP contribution in [0, 0.1) is 11.3 Å². The molecule has 90 valence electrons. The highest BCUT2D eigenvalue weighted by atomic mass is 35.5. The molecule has 0 unspecified atom stereocenters. The van der Waals surface area contributed by atoms with Gasteiger partial charge in [0.05, 0.1) is 28.2 Å². The summed E-state index contributed by atoms with van der Waals surface area (Å²) in [6.07, 6.45) is 0.191. The molecule has 1 aromatic carbocycles. The maximum absolute atomic E-state index is 8.80. The molecule has 0 bridgehead atoms. The summed E-state index contributed by atoms with van der Waals surface area (Å²) in [4.78, 5) is 4.16. The van der Waals surface area contributed by atoms with Crippen LogP contribution in [0.2, 0.25) is 15.2 Å². The lowest BCUT2D eigenvalue weighted by atomic mass is 10.0. The van der Waals surface area contributed by atoms with Crippen molar-refractivity contribution in [2.24, 2.45) is 0 Å². The molecule has 2 rings (SSSR count). The molecule has 0 amide bonds. The Morgan fingerprint density at radius 1 is 1.06 bits per heavy atom. The van der Waals surface area contributed by atoms with Gasteiger partial charge in [0.25, 0.3) is 0 Å². The van der Waals surface area contributed by atoms with Gasteiger partial charge in [-0.15, -0.1) is 0 Å². The molecule has 1 aromatic heterocycles. The van der Waals surface area contributed by atoms with Crippen molar-refractivity contribution in [2.75, 3.05) is 0 Å². The van der Waals surface area contributed by atoms with E-state index in [9.17, 15) is 0 Å². The van der Waals surface area contributed by atoms with Crippen molar-refractivity contribution >= 4 is 34.8 Å². The van der Waals surface area contributed by atoms with Gasteiger partial charge in [-0.3, -0.25) is 0 Å². The lowest BCUT2D eigenvalue weighted by molar-refractivity contribution is 1.12. The zero-order valence-electron chi connectivity index (χ0n) is 9.12. The molecule has 5 heteroatoms. The number of halogens is 3. The Bertz CT molecular complexity index is 633. The fourth-order valence-electron chi connectivity index (χ4n) is 1.61. The Morgan fingerprint density at radius 3 is 2.50 bits per heavy atom. The summed E-state index contributed by atoms with van der Waals surface area (Å²) in [5.41, 5.74) is 2.32. The first-order valence-corrected chi connectivity index (χ1v) is 6.23. The molecule has 0 saturated carbocycles. The number of pyridine rings is 1. The molecule has 0 radical (unpaired) electrons. The van der Waals surface area contributed by atoms with Crippen molar-refractivity contribution in [3.63, 3.8) is 0 Å². The summed E-state index contributed by atoms with van der Waals surface area (Å²) >= 11 is 17.7. The lowest BCUT2D eigenvalue weighted by Crippen LogP contribution is -1.93. The Hall–Kier alpha value is -1.27. The summed E-state index contributed by atoms with van der Waals surface area (Å²) in [6, 6.07) is 10.9. The molecule has 0 spiro atoms. The fourth-order valence-corrected chi connectivity index (χ4v) is 2.07. The van der Waals surface area contributed by atoms with E-state index >= 15 is 0 Å². The van der Waals surface area contributed by atoms with Gasteiger partial charge in [0.15, 0.2) is 0 Å². The van der Waals surface area contributed by atoms with E-state index in [0.29, 0.717) is 20.9 Å². The van der Waals surface area contributed by atoms with Crippen molar-refractivity contribution in [3.8, 4) is 17.2 Å². The molecule has 0 aliphatic heterocycles. The van der Waals surface area contributed by atoms with E-state index in [1.54, 1.807) is 18.2 Å². The third kappa shape index (κ3) is 2.76. The van der Waals surface area contributed by atoms with Crippen LogP contribution in [0.5, 0.6) is 0 Å². The fraction of sp³-hybridized carbons (Fsp3) is 0.0769. The lowest BCUT2D eigenvalue weighted by Gasteiger charge is -2.08. The average molecular weight is 298 g/mol. The van der Waals surface area contributed by atoms with E-state index in [4.69, 9.17) is 40.1 Å². The molecule has 2 aromatic rings. The smallest absolute Gasteiger partial charge is 0.129 e. The van der Waals surface area contributed by atoms with Gasteiger partial charge in [-0.2, -0.15) is 5.26 Å². The van der Waals surface area contributed by atoms with Crippen molar-refractivity contribution < 1.29 is 0 Å². The minimum atomic E-state index is 0.191. The predicted octanol–water partition coefficient (Wildman–Crippen LogP) is 4.77. The van der Waals surface area contributed by atoms with Gasteiger partial charge >= 0.3 is 0 Å². The third-order valence-electron chi connectivity index (χ3n) is 2.42. The topological polar surface area (TPSA) is 36.7 Å². The largest absolute Gasteiger partial charge is 0.239 e. The number of benzene rings is 1. The standard InChI is InChI=1S/C13H7Cl3N2/c14-10-3-1-8(7-11(10)15)9-2-4-13(16)18-12(9)5-6-17/h1-4,7H,5H2. The van der Waals surface area contributed by atoms with Gasteiger partial charge in [-0.25, -0.2) is 4.98 Å². The molecule has 0 aliphatic carbocycles. The second kappa shape index (κ2) is 5.58. The van der Waals surface area contributed by atoms with Gasteiger partial charge in [0, 0.05) is 5.56 Å². The van der Waals surface area contributed by atoms with Crippen LogP contribution in [0.25, 0.3) is 11.1 Å². The molecular weight excluding hydrogens is 291 g/mol. The van der Waals surface area contributed by atoms with Gasteiger partial charge in [-0.1, -0.05) is 40.9 Å². The molecule has 0 fully saturated rings. The number of hydrogen-bond acceptors (Lipinski definition) is 2. The average Bonchev–Trinajstić information content (AvgIpc) is 2.34. The van der Waals surface area contributed by atoms with Crippen LogP contribution in [0.1, 0.15) is 5.69 Å². The van der Waals surface area contributed by atoms with Crippen LogP contribution in [0.4, 0.5) is 0 Å². The highest BCUT2D eigenvalue weighted by molar-refractivity contribution is 6.42. The first-order valence-electron chi connectivity index (χ1n) is 5.09. The molecule has 18 heavy (non-hydrogen) atoms. The van der Waals surface area contributed by atoms with E-state index in [2.05, 4.69) is 11.1 Å². The Balaban J connectivity index is 2.56. The highest BCUT2D eigenvalue weighted by Gasteiger charge is 2.09. The second-order valence-corrected chi connectivity index (χ2v) is 4.79. The first-order chi connectivity index (χ1) is 8.61. The van der Waals surface area contributed by atoms with Gasteiger partial charge in [0.2, 0.25) is 0 Å². The van der Waals surface area contributed by atoms with Gasteiger partial charge in [0.1, 0.15) is 5.15 Å². The summed E-state index contributed by atoms with van der Waals surface area (Å²) < 4.78 is 0. The third-order valence-corrected chi connectivity index (χ3v) is 3.37. The number of nitriles is 1. The highest BCUT2D eigenvalue weighted by Crippen LogP contribution is 2.30. The molecular formula is C13H7Cl3N2. The Labute approximate surface area is 120 Å². The molecule has 0 aliphatic rings. The molecule has 0 saturated heterocycles. The Morgan fingerprint density at radius 2 is 1.83 bits per heavy atom. The quantitative estimate of drug-likeness (QED) is 0.748. The molecule has 0 N–H and O–H groups in total. The van der Waals surface area contributed by atoms with Crippen molar-refractivity contribution in [2.45, 2.75) is 6.42 Å². The Kier molecular flexibility index (Phi) is 4.08. The van der Waals surface area contributed by atoms with E-state index in [-0.39, 0.29) is 6.42 Å².